The number of hydrogen-bond donors (Lipinski definition) is 0. The molecule has 0 bridgehead atoms. The first-order valence-corrected chi connectivity index (χ1v) is 4.59. The molecule has 1 atom stereocenters. The van der Waals surface area contributed by atoms with Crippen molar-refractivity contribution in [1.82, 2.24) is 4.37 Å². The zero-order valence-electron chi connectivity index (χ0n) is 5.88. The predicted molar refractivity (Wildman–Crippen MR) is 45.8 cm³/mol. The van der Waals surface area contributed by atoms with E-state index in [4.69, 9.17) is 11.6 Å². The van der Waals surface area contributed by atoms with Crippen LogP contribution in [-0.4, -0.2) is 9.75 Å². The summed E-state index contributed by atoms with van der Waals surface area (Å²) in [5, 5.41) is 2.26. The zero-order valence-corrected chi connectivity index (χ0v) is 7.45. The largest absolute Gasteiger partial charge is 0.198 e. The van der Waals surface area contributed by atoms with Gasteiger partial charge in [0.1, 0.15) is 0 Å². The Labute approximate surface area is 70.2 Å². The van der Waals surface area contributed by atoms with E-state index in [0.29, 0.717) is 0 Å². The van der Waals surface area contributed by atoms with Crippen LogP contribution in [0.4, 0.5) is 0 Å². The standard InChI is InChI=1S/C7H10ClNS/c1-6(8)2-3-7-4-5-10-9-7/h4-6H,2-3H2,1H3. The Morgan fingerprint density at radius 2 is 2.60 bits per heavy atom. The molecule has 0 N–H and O–H groups in total. The van der Waals surface area contributed by atoms with Gasteiger partial charge in [0.2, 0.25) is 0 Å². The first-order chi connectivity index (χ1) is 4.79. The maximum atomic E-state index is 5.77. The minimum Gasteiger partial charge on any atom is -0.198 e. The highest BCUT2D eigenvalue weighted by Crippen LogP contribution is 2.07. The van der Waals surface area contributed by atoms with E-state index in [2.05, 4.69) is 4.37 Å². The van der Waals surface area contributed by atoms with Crippen molar-refractivity contribution in [1.29, 1.82) is 0 Å². The van der Waals surface area contributed by atoms with E-state index >= 15 is 0 Å². The molecule has 0 fully saturated rings. The number of halogens is 1. The van der Waals surface area contributed by atoms with Crippen LogP contribution < -0.4 is 0 Å². The van der Waals surface area contributed by atoms with Crippen molar-refractivity contribution in [3.63, 3.8) is 0 Å². The molecule has 1 rings (SSSR count). The van der Waals surface area contributed by atoms with Gasteiger partial charge in [-0.25, -0.2) is 0 Å². The topological polar surface area (TPSA) is 12.9 Å². The highest BCUT2D eigenvalue weighted by atomic mass is 35.5. The smallest absolute Gasteiger partial charge is 0.0542 e. The van der Waals surface area contributed by atoms with Gasteiger partial charge in [-0.3, -0.25) is 0 Å². The normalized spacial score (nSPS) is 13.4. The molecule has 0 amide bonds. The molecule has 1 aromatic heterocycles. The summed E-state index contributed by atoms with van der Waals surface area (Å²) in [5.41, 5.74) is 1.16. The molecule has 0 saturated carbocycles. The van der Waals surface area contributed by atoms with Gasteiger partial charge in [-0.15, -0.1) is 11.6 Å². The molecule has 0 saturated heterocycles. The van der Waals surface area contributed by atoms with Crippen molar-refractivity contribution in [3.05, 3.63) is 17.1 Å². The van der Waals surface area contributed by atoms with Crippen LogP contribution in [0.2, 0.25) is 0 Å². The Morgan fingerprint density at radius 1 is 1.80 bits per heavy atom. The Balaban J connectivity index is 2.28. The van der Waals surface area contributed by atoms with Crippen LogP contribution in [0.1, 0.15) is 19.0 Å². The van der Waals surface area contributed by atoms with Gasteiger partial charge in [-0.2, -0.15) is 4.37 Å². The summed E-state index contributed by atoms with van der Waals surface area (Å²) < 4.78 is 4.17. The molecule has 1 heterocycles. The molecule has 0 spiro atoms. The average molecular weight is 176 g/mol. The Bertz CT molecular complexity index is 172. The monoisotopic (exact) mass is 175 g/mol. The summed E-state index contributed by atoms with van der Waals surface area (Å²) in [4.78, 5) is 0. The summed E-state index contributed by atoms with van der Waals surface area (Å²) >= 11 is 7.27. The number of nitrogens with zero attached hydrogens (tertiary/aromatic N) is 1. The SMILES string of the molecule is CC(Cl)CCc1ccsn1. The molecule has 3 heteroatoms. The highest BCUT2D eigenvalue weighted by Gasteiger charge is 1.98. The summed E-state index contributed by atoms with van der Waals surface area (Å²) in [6.45, 7) is 2.01. The first kappa shape index (κ1) is 8.02. The van der Waals surface area contributed by atoms with Gasteiger partial charge in [0.05, 0.1) is 5.69 Å². The van der Waals surface area contributed by atoms with E-state index in [-0.39, 0.29) is 5.38 Å². The van der Waals surface area contributed by atoms with Crippen LogP contribution in [0.25, 0.3) is 0 Å². The second kappa shape index (κ2) is 3.94. The van der Waals surface area contributed by atoms with E-state index in [1.165, 1.54) is 11.5 Å². The quantitative estimate of drug-likeness (QED) is 0.644. The molecule has 56 valence electrons. The molecule has 0 radical (unpaired) electrons. The van der Waals surface area contributed by atoms with E-state index in [1.54, 1.807) is 0 Å². The maximum absolute atomic E-state index is 5.77. The average Bonchev–Trinajstić information content (AvgIpc) is 2.34. The third-order valence-electron chi connectivity index (χ3n) is 1.29. The molecule has 1 aromatic rings. The number of aryl methyl sites for hydroxylation is 1. The summed E-state index contributed by atoms with van der Waals surface area (Å²) in [5.74, 6) is 0. The summed E-state index contributed by atoms with van der Waals surface area (Å²) in [6.07, 6.45) is 2.03. The minimum atomic E-state index is 0.265. The Hall–Kier alpha value is -0.0800. The van der Waals surface area contributed by atoms with Gasteiger partial charge in [0.15, 0.2) is 0 Å². The molecular weight excluding hydrogens is 166 g/mol. The van der Waals surface area contributed by atoms with Crippen molar-refractivity contribution < 1.29 is 0 Å². The third kappa shape index (κ3) is 2.67. The van der Waals surface area contributed by atoms with Crippen molar-refractivity contribution in [2.24, 2.45) is 0 Å². The van der Waals surface area contributed by atoms with Crippen molar-refractivity contribution in [2.45, 2.75) is 25.1 Å². The number of hydrogen-bond acceptors (Lipinski definition) is 2. The minimum absolute atomic E-state index is 0.265. The van der Waals surface area contributed by atoms with E-state index in [0.717, 1.165) is 18.5 Å². The highest BCUT2D eigenvalue weighted by molar-refractivity contribution is 7.03. The lowest BCUT2D eigenvalue weighted by Gasteiger charge is -1.97. The lowest BCUT2D eigenvalue weighted by molar-refractivity contribution is 0.792. The van der Waals surface area contributed by atoms with Crippen LogP contribution in [0.15, 0.2) is 11.4 Å². The van der Waals surface area contributed by atoms with Crippen LogP contribution in [0, 0.1) is 0 Å². The fourth-order valence-corrected chi connectivity index (χ4v) is 1.39. The van der Waals surface area contributed by atoms with Crippen LogP contribution >= 0.6 is 23.1 Å². The van der Waals surface area contributed by atoms with E-state index in [9.17, 15) is 0 Å². The zero-order chi connectivity index (χ0) is 7.40. The van der Waals surface area contributed by atoms with Gasteiger partial charge in [0.25, 0.3) is 0 Å². The molecule has 0 aliphatic carbocycles. The predicted octanol–water partition coefficient (Wildman–Crippen LogP) is 2.70. The Kier molecular flexibility index (Phi) is 3.16. The van der Waals surface area contributed by atoms with Gasteiger partial charge < -0.3 is 0 Å². The molecule has 0 aliphatic heterocycles. The van der Waals surface area contributed by atoms with E-state index < -0.39 is 0 Å². The maximum Gasteiger partial charge on any atom is 0.0542 e. The van der Waals surface area contributed by atoms with Gasteiger partial charge in [0, 0.05) is 10.8 Å². The van der Waals surface area contributed by atoms with Crippen LogP contribution in [0.5, 0.6) is 0 Å². The lowest BCUT2D eigenvalue weighted by atomic mass is 10.2. The molecule has 1 unspecified atom stereocenters. The number of rotatable bonds is 3. The fraction of sp³-hybridized carbons (Fsp3) is 0.571. The molecule has 1 nitrogen and oxygen atoms in total. The second-order valence-electron chi connectivity index (χ2n) is 2.31. The third-order valence-corrected chi connectivity index (χ3v) is 2.11. The van der Waals surface area contributed by atoms with Gasteiger partial charge in [-0.05, 0) is 37.4 Å². The molecule has 10 heavy (non-hydrogen) atoms. The summed E-state index contributed by atoms with van der Waals surface area (Å²) in [6, 6.07) is 2.05. The van der Waals surface area contributed by atoms with Crippen molar-refractivity contribution in [2.75, 3.05) is 0 Å². The molecular formula is C7H10ClNS. The Morgan fingerprint density at radius 3 is 3.10 bits per heavy atom. The number of alkyl halides is 1. The lowest BCUT2D eigenvalue weighted by Crippen LogP contribution is -1.93. The van der Waals surface area contributed by atoms with E-state index in [1.807, 2.05) is 18.4 Å². The number of aromatic nitrogens is 1. The molecule has 0 aliphatic rings. The first-order valence-electron chi connectivity index (χ1n) is 3.32. The summed E-state index contributed by atoms with van der Waals surface area (Å²) in [7, 11) is 0. The van der Waals surface area contributed by atoms with Crippen LogP contribution in [-0.2, 0) is 6.42 Å². The van der Waals surface area contributed by atoms with Crippen molar-refractivity contribution >= 4 is 23.1 Å². The van der Waals surface area contributed by atoms with Gasteiger partial charge >= 0.3 is 0 Å². The second-order valence-corrected chi connectivity index (χ2v) is 3.72. The molecule has 0 aromatic carbocycles. The van der Waals surface area contributed by atoms with Crippen molar-refractivity contribution in [3.8, 4) is 0 Å². The fourth-order valence-electron chi connectivity index (χ4n) is 0.713. The van der Waals surface area contributed by atoms with Crippen LogP contribution in [0.3, 0.4) is 0 Å². The van der Waals surface area contributed by atoms with Gasteiger partial charge in [-0.1, -0.05) is 0 Å².